The van der Waals surface area contributed by atoms with Crippen molar-refractivity contribution in [2.75, 3.05) is 32.7 Å². The first-order valence-electron chi connectivity index (χ1n) is 8.49. The molecular formula is C18H28ClN3O2. The Balaban J connectivity index is 0.00000288. The topological polar surface area (TPSA) is 66.6 Å². The summed E-state index contributed by atoms with van der Waals surface area (Å²) in [4.78, 5) is 28.5. The molecule has 1 aliphatic rings. The third kappa shape index (κ3) is 4.71. The van der Waals surface area contributed by atoms with Gasteiger partial charge in [-0.2, -0.15) is 0 Å². The van der Waals surface area contributed by atoms with Crippen molar-refractivity contribution >= 4 is 24.2 Å². The molecule has 0 bridgehead atoms. The molecule has 1 heterocycles. The highest BCUT2D eigenvalue weighted by atomic mass is 35.5. The van der Waals surface area contributed by atoms with E-state index in [1.807, 2.05) is 18.7 Å². The molecule has 2 N–H and O–H groups in total. The van der Waals surface area contributed by atoms with E-state index in [1.165, 1.54) is 0 Å². The van der Waals surface area contributed by atoms with Crippen LogP contribution in [0.4, 0.5) is 0 Å². The van der Waals surface area contributed by atoms with Gasteiger partial charge in [0.1, 0.15) is 0 Å². The van der Waals surface area contributed by atoms with E-state index in [9.17, 15) is 9.59 Å². The highest BCUT2D eigenvalue weighted by Crippen LogP contribution is 2.18. The molecule has 5 nitrogen and oxygen atoms in total. The van der Waals surface area contributed by atoms with Crippen LogP contribution in [-0.2, 0) is 0 Å². The molecule has 0 spiro atoms. The third-order valence-electron chi connectivity index (χ3n) is 4.66. The number of halogens is 1. The summed E-state index contributed by atoms with van der Waals surface area (Å²) in [6, 6.07) is 7.02. The van der Waals surface area contributed by atoms with Gasteiger partial charge in [0.15, 0.2) is 0 Å². The summed E-state index contributed by atoms with van der Waals surface area (Å²) in [6.07, 6.45) is 1.95. The summed E-state index contributed by atoms with van der Waals surface area (Å²) in [6.45, 7) is 7.53. The van der Waals surface area contributed by atoms with E-state index in [1.54, 1.807) is 29.2 Å². The number of benzene rings is 1. The summed E-state index contributed by atoms with van der Waals surface area (Å²) in [7, 11) is 0. The van der Waals surface area contributed by atoms with Crippen LogP contribution < -0.4 is 5.73 Å². The van der Waals surface area contributed by atoms with Gasteiger partial charge in [0.25, 0.3) is 11.8 Å². The average Bonchev–Trinajstić information content (AvgIpc) is 2.62. The number of hydrogen-bond donors (Lipinski definition) is 1. The minimum atomic E-state index is 0. The zero-order chi connectivity index (χ0) is 16.8. The number of rotatable bonds is 5. The Morgan fingerprint density at radius 3 is 2.04 bits per heavy atom. The Morgan fingerprint density at radius 2 is 1.58 bits per heavy atom. The molecule has 0 aromatic heterocycles. The molecule has 6 heteroatoms. The minimum Gasteiger partial charge on any atom is -0.339 e. The molecular weight excluding hydrogens is 326 g/mol. The van der Waals surface area contributed by atoms with Gasteiger partial charge in [-0.1, -0.05) is 0 Å². The Bertz CT molecular complexity index is 536. The van der Waals surface area contributed by atoms with Gasteiger partial charge in [-0.3, -0.25) is 9.59 Å². The maximum atomic E-state index is 12.5. The lowest BCUT2D eigenvalue weighted by Gasteiger charge is -2.31. The van der Waals surface area contributed by atoms with E-state index in [4.69, 9.17) is 5.73 Å². The van der Waals surface area contributed by atoms with Crippen molar-refractivity contribution in [3.05, 3.63) is 35.4 Å². The fourth-order valence-electron chi connectivity index (χ4n) is 3.00. The molecule has 1 aromatic rings. The van der Waals surface area contributed by atoms with Crippen molar-refractivity contribution in [2.24, 2.45) is 11.7 Å². The number of nitrogens with zero attached hydrogens (tertiary/aromatic N) is 2. The lowest BCUT2D eigenvalue weighted by molar-refractivity contribution is 0.0691. The van der Waals surface area contributed by atoms with E-state index < -0.39 is 0 Å². The summed E-state index contributed by atoms with van der Waals surface area (Å²) in [5.41, 5.74) is 6.97. The molecule has 0 aliphatic carbocycles. The molecule has 1 aromatic carbocycles. The normalized spacial score (nSPS) is 14.9. The average molecular weight is 354 g/mol. The van der Waals surface area contributed by atoms with Gasteiger partial charge in [0.05, 0.1) is 0 Å². The smallest absolute Gasteiger partial charge is 0.253 e. The fraction of sp³-hybridized carbons (Fsp3) is 0.556. The Kier molecular flexibility index (Phi) is 8.22. The predicted octanol–water partition coefficient (Wildman–Crippen LogP) is 2.40. The lowest BCUT2D eigenvalue weighted by Crippen LogP contribution is -2.40. The lowest BCUT2D eigenvalue weighted by atomic mass is 9.96. The highest BCUT2D eigenvalue weighted by molar-refractivity contribution is 5.97. The van der Waals surface area contributed by atoms with Crippen molar-refractivity contribution in [3.63, 3.8) is 0 Å². The molecule has 24 heavy (non-hydrogen) atoms. The first-order valence-corrected chi connectivity index (χ1v) is 8.49. The number of amides is 2. The van der Waals surface area contributed by atoms with E-state index in [2.05, 4.69) is 0 Å². The Labute approximate surface area is 150 Å². The van der Waals surface area contributed by atoms with Crippen molar-refractivity contribution < 1.29 is 9.59 Å². The second-order valence-electron chi connectivity index (χ2n) is 6.03. The van der Waals surface area contributed by atoms with Crippen LogP contribution in [0.2, 0.25) is 0 Å². The van der Waals surface area contributed by atoms with Crippen LogP contribution in [0.15, 0.2) is 24.3 Å². The van der Waals surface area contributed by atoms with Crippen LogP contribution in [0.25, 0.3) is 0 Å². The quantitative estimate of drug-likeness (QED) is 0.883. The molecule has 0 unspecified atom stereocenters. The first kappa shape index (κ1) is 20.5. The Hall–Kier alpha value is -1.59. The number of piperidine rings is 1. The van der Waals surface area contributed by atoms with Gasteiger partial charge in [-0.25, -0.2) is 0 Å². The zero-order valence-corrected chi connectivity index (χ0v) is 15.3. The number of nitrogens with two attached hydrogens (primary N) is 1. The van der Waals surface area contributed by atoms with Crippen molar-refractivity contribution in [2.45, 2.75) is 26.7 Å². The molecule has 1 aliphatic heterocycles. The standard InChI is InChI=1S/C18H27N3O2.ClH/c1-3-20(4-2)17(22)15-5-7-16(8-6-15)18(23)21-11-9-14(13-19)10-12-21;/h5-8,14H,3-4,9-13,19H2,1-2H3;1H. The molecule has 0 atom stereocenters. The van der Waals surface area contributed by atoms with Crippen molar-refractivity contribution in [1.29, 1.82) is 0 Å². The number of carbonyl (C=O) groups is 2. The zero-order valence-electron chi connectivity index (χ0n) is 14.5. The molecule has 1 saturated heterocycles. The minimum absolute atomic E-state index is 0. The number of hydrogen-bond acceptors (Lipinski definition) is 3. The van der Waals surface area contributed by atoms with Crippen LogP contribution >= 0.6 is 12.4 Å². The second kappa shape index (κ2) is 9.64. The van der Waals surface area contributed by atoms with Crippen LogP contribution in [0, 0.1) is 5.92 Å². The van der Waals surface area contributed by atoms with Crippen LogP contribution in [0.3, 0.4) is 0 Å². The fourth-order valence-corrected chi connectivity index (χ4v) is 3.00. The summed E-state index contributed by atoms with van der Waals surface area (Å²) in [5, 5.41) is 0. The third-order valence-corrected chi connectivity index (χ3v) is 4.66. The first-order chi connectivity index (χ1) is 11.1. The van der Waals surface area contributed by atoms with Gasteiger partial charge in [-0.05, 0) is 63.4 Å². The second-order valence-corrected chi connectivity index (χ2v) is 6.03. The molecule has 0 saturated carbocycles. The van der Waals surface area contributed by atoms with Crippen molar-refractivity contribution in [3.8, 4) is 0 Å². The maximum absolute atomic E-state index is 12.5. The van der Waals surface area contributed by atoms with E-state index in [0.29, 0.717) is 36.7 Å². The number of carbonyl (C=O) groups excluding carboxylic acids is 2. The molecule has 1 fully saturated rings. The highest BCUT2D eigenvalue weighted by Gasteiger charge is 2.23. The largest absolute Gasteiger partial charge is 0.339 e. The number of likely N-dealkylation sites (tertiary alicyclic amines) is 1. The van der Waals surface area contributed by atoms with Gasteiger partial charge in [0.2, 0.25) is 0 Å². The van der Waals surface area contributed by atoms with E-state index in [0.717, 1.165) is 25.9 Å². The molecule has 0 radical (unpaired) electrons. The summed E-state index contributed by atoms with van der Waals surface area (Å²) in [5.74, 6) is 0.591. The van der Waals surface area contributed by atoms with Crippen molar-refractivity contribution in [1.82, 2.24) is 9.80 Å². The van der Waals surface area contributed by atoms with Crippen LogP contribution in [0.1, 0.15) is 47.4 Å². The maximum Gasteiger partial charge on any atom is 0.253 e. The van der Waals surface area contributed by atoms with Gasteiger partial charge < -0.3 is 15.5 Å². The van der Waals surface area contributed by atoms with Gasteiger partial charge >= 0.3 is 0 Å². The molecule has 134 valence electrons. The Morgan fingerprint density at radius 1 is 1.08 bits per heavy atom. The van der Waals surface area contributed by atoms with E-state index in [-0.39, 0.29) is 24.2 Å². The van der Waals surface area contributed by atoms with Crippen LogP contribution in [0.5, 0.6) is 0 Å². The predicted molar refractivity (Wildman–Crippen MR) is 98.6 cm³/mol. The SMILES string of the molecule is CCN(CC)C(=O)c1ccc(C(=O)N2CCC(CN)CC2)cc1.Cl. The summed E-state index contributed by atoms with van der Waals surface area (Å²) >= 11 is 0. The van der Waals surface area contributed by atoms with Gasteiger partial charge in [0, 0.05) is 37.3 Å². The van der Waals surface area contributed by atoms with Gasteiger partial charge in [-0.15, -0.1) is 12.4 Å². The molecule has 2 rings (SSSR count). The summed E-state index contributed by atoms with van der Waals surface area (Å²) < 4.78 is 0. The van der Waals surface area contributed by atoms with E-state index >= 15 is 0 Å². The molecule has 2 amide bonds. The monoisotopic (exact) mass is 353 g/mol. The van der Waals surface area contributed by atoms with Crippen LogP contribution in [-0.4, -0.2) is 54.3 Å².